The number of amides is 1. The molecule has 0 aromatic carbocycles. The van der Waals surface area contributed by atoms with E-state index in [9.17, 15) is 4.79 Å². The van der Waals surface area contributed by atoms with E-state index in [4.69, 9.17) is 4.52 Å². The second-order valence-electron chi connectivity index (χ2n) is 5.91. The first-order valence-corrected chi connectivity index (χ1v) is 7.55. The Labute approximate surface area is 127 Å². The number of hydrogen-bond donors (Lipinski definition) is 0. The average Bonchev–Trinajstić information content (AvgIpc) is 3.14. The fourth-order valence-electron chi connectivity index (χ4n) is 3.03. The monoisotopic (exact) mass is 302 g/mol. The van der Waals surface area contributed by atoms with Crippen molar-refractivity contribution in [2.75, 3.05) is 24.5 Å². The van der Waals surface area contributed by atoms with Gasteiger partial charge in [0, 0.05) is 39.2 Å². The molecule has 0 bridgehead atoms. The van der Waals surface area contributed by atoms with E-state index in [0.29, 0.717) is 24.9 Å². The Balaban J connectivity index is 1.35. The van der Waals surface area contributed by atoms with Crippen LogP contribution in [0.4, 0.5) is 5.69 Å². The molecule has 4 heterocycles. The van der Waals surface area contributed by atoms with Gasteiger partial charge in [0.2, 0.25) is 11.8 Å². The summed E-state index contributed by atoms with van der Waals surface area (Å²) in [7, 11) is 0. The minimum Gasteiger partial charge on any atom is -0.340 e. The molecule has 2 saturated heterocycles. The maximum Gasteiger partial charge on any atom is 0.227 e. The van der Waals surface area contributed by atoms with E-state index in [1.54, 1.807) is 13.1 Å². The fraction of sp³-hybridized carbons (Fsp3) is 0.571. The zero-order chi connectivity index (χ0) is 15.1. The van der Waals surface area contributed by atoms with Crippen molar-refractivity contribution < 1.29 is 9.32 Å². The summed E-state index contributed by atoms with van der Waals surface area (Å²) in [4.78, 5) is 20.0. The predicted octanol–water partition coefficient (Wildman–Crippen LogP) is 0.758. The van der Waals surface area contributed by atoms with Crippen LogP contribution in [-0.2, 0) is 11.3 Å². The summed E-state index contributed by atoms with van der Waals surface area (Å²) in [6, 6.07) is 0.347. The van der Waals surface area contributed by atoms with Crippen molar-refractivity contribution in [2.45, 2.75) is 32.4 Å². The number of aryl methyl sites for hydroxylation is 1. The van der Waals surface area contributed by atoms with Gasteiger partial charge in [0.05, 0.1) is 24.5 Å². The Bertz CT molecular complexity index is 687. The Morgan fingerprint density at radius 1 is 1.41 bits per heavy atom. The first kappa shape index (κ1) is 13.4. The Morgan fingerprint density at radius 3 is 2.95 bits per heavy atom. The van der Waals surface area contributed by atoms with Crippen molar-refractivity contribution in [2.24, 2.45) is 0 Å². The number of likely N-dealkylation sites (tertiary alicyclic amines) is 1. The molecule has 0 radical (unpaired) electrons. The number of nitrogens with zero attached hydrogens (tertiary/aromatic N) is 6. The summed E-state index contributed by atoms with van der Waals surface area (Å²) in [6.07, 6.45) is 5.34. The normalized spacial score (nSPS) is 19.9. The molecule has 2 fully saturated rings. The quantitative estimate of drug-likeness (QED) is 0.829. The molecule has 116 valence electrons. The van der Waals surface area contributed by atoms with E-state index < -0.39 is 0 Å². The summed E-state index contributed by atoms with van der Waals surface area (Å²) < 4.78 is 6.93. The molecule has 1 amide bonds. The molecule has 0 spiro atoms. The van der Waals surface area contributed by atoms with Gasteiger partial charge in [-0.1, -0.05) is 5.16 Å². The van der Waals surface area contributed by atoms with Crippen LogP contribution in [-0.4, -0.2) is 50.4 Å². The van der Waals surface area contributed by atoms with Crippen molar-refractivity contribution in [3.8, 4) is 0 Å². The molecule has 0 N–H and O–H groups in total. The smallest absolute Gasteiger partial charge is 0.227 e. The third kappa shape index (κ3) is 2.39. The molecule has 2 aliphatic rings. The highest BCUT2D eigenvalue weighted by Gasteiger charge is 2.31. The van der Waals surface area contributed by atoms with Gasteiger partial charge >= 0.3 is 0 Å². The maximum atomic E-state index is 11.8. The van der Waals surface area contributed by atoms with Crippen LogP contribution in [0.25, 0.3) is 0 Å². The fourth-order valence-corrected chi connectivity index (χ4v) is 3.03. The van der Waals surface area contributed by atoms with Gasteiger partial charge in [-0.2, -0.15) is 10.1 Å². The number of rotatable bonds is 4. The molecule has 8 heteroatoms. The van der Waals surface area contributed by atoms with E-state index >= 15 is 0 Å². The lowest BCUT2D eigenvalue weighted by Crippen LogP contribution is -2.47. The highest BCUT2D eigenvalue weighted by atomic mass is 16.5. The second kappa shape index (κ2) is 5.20. The lowest BCUT2D eigenvalue weighted by molar-refractivity contribution is -0.117. The molecule has 2 aromatic rings. The zero-order valence-electron chi connectivity index (χ0n) is 12.5. The Hall–Kier alpha value is -2.22. The first-order chi connectivity index (χ1) is 10.7. The standard InChI is InChI=1S/C14H18N6O2/c1-10-16-13(17-22-10)9-18-6-12(7-18)20-8-11(5-15-20)19-4-2-3-14(19)21/h5,8,12H,2-4,6-7,9H2,1H3. The highest BCUT2D eigenvalue weighted by Crippen LogP contribution is 2.26. The van der Waals surface area contributed by atoms with E-state index in [1.807, 2.05) is 15.8 Å². The van der Waals surface area contributed by atoms with Crippen LogP contribution in [0.1, 0.15) is 30.6 Å². The van der Waals surface area contributed by atoms with Gasteiger partial charge in [0.25, 0.3) is 0 Å². The highest BCUT2D eigenvalue weighted by molar-refractivity contribution is 5.95. The molecule has 22 heavy (non-hydrogen) atoms. The minimum absolute atomic E-state index is 0.197. The molecule has 0 unspecified atom stereocenters. The maximum absolute atomic E-state index is 11.8. The topological polar surface area (TPSA) is 80.3 Å². The minimum atomic E-state index is 0.197. The largest absolute Gasteiger partial charge is 0.340 e. The molecule has 2 aromatic heterocycles. The molecular weight excluding hydrogens is 284 g/mol. The average molecular weight is 302 g/mol. The summed E-state index contributed by atoms with van der Waals surface area (Å²) in [6.45, 7) is 5.11. The Morgan fingerprint density at radius 2 is 2.27 bits per heavy atom. The van der Waals surface area contributed by atoms with Gasteiger partial charge in [-0.15, -0.1) is 0 Å². The van der Waals surface area contributed by atoms with Crippen molar-refractivity contribution in [1.29, 1.82) is 0 Å². The van der Waals surface area contributed by atoms with Gasteiger partial charge in [0.15, 0.2) is 5.82 Å². The molecule has 0 saturated carbocycles. The van der Waals surface area contributed by atoms with Crippen LogP contribution in [0, 0.1) is 6.92 Å². The van der Waals surface area contributed by atoms with Gasteiger partial charge in [0.1, 0.15) is 0 Å². The lowest BCUT2D eigenvalue weighted by atomic mass is 10.1. The third-order valence-electron chi connectivity index (χ3n) is 4.22. The zero-order valence-corrected chi connectivity index (χ0v) is 12.5. The molecule has 2 aliphatic heterocycles. The molecule has 0 aliphatic carbocycles. The number of hydrogen-bond acceptors (Lipinski definition) is 6. The van der Waals surface area contributed by atoms with Gasteiger partial charge in [-0.3, -0.25) is 14.4 Å². The van der Waals surface area contributed by atoms with Crippen LogP contribution < -0.4 is 4.90 Å². The van der Waals surface area contributed by atoms with Crippen LogP contribution in [0.15, 0.2) is 16.9 Å². The van der Waals surface area contributed by atoms with Gasteiger partial charge in [-0.25, -0.2) is 0 Å². The van der Waals surface area contributed by atoms with Gasteiger partial charge < -0.3 is 9.42 Å². The van der Waals surface area contributed by atoms with E-state index in [1.165, 1.54) is 0 Å². The number of anilines is 1. The third-order valence-corrected chi connectivity index (χ3v) is 4.22. The number of carbonyl (C=O) groups excluding carboxylic acids is 1. The van der Waals surface area contributed by atoms with Crippen LogP contribution in [0.5, 0.6) is 0 Å². The second-order valence-corrected chi connectivity index (χ2v) is 5.91. The van der Waals surface area contributed by atoms with Gasteiger partial charge in [-0.05, 0) is 6.42 Å². The van der Waals surface area contributed by atoms with Crippen LogP contribution in [0.3, 0.4) is 0 Å². The lowest BCUT2D eigenvalue weighted by Gasteiger charge is -2.38. The van der Waals surface area contributed by atoms with E-state index in [2.05, 4.69) is 20.1 Å². The van der Waals surface area contributed by atoms with Crippen LogP contribution in [0.2, 0.25) is 0 Å². The number of aromatic nitrogens is 4. The number of carbonyl (C=O) groups is 1. The predicted molar refractivity (Wildman–Crippen MR) is 77.2 cm³/mol. The van der Waals surface area contributed by atoms with E-state index in [0.717, 1.165) is 37.6 Å². The van der Waals surface area contributed by atoms with Crippen molar-refractivity contribution >= 4 is 11.6 Å². The first-order valence-electron chi connectivity index (χ1n) is 7.55. The SMILES string of the molecule is Cc1nc(CN2CC(n3cc(N4CCCC4=O)cn3)C2)no1. The van der Waals surface area contributed by atoms with Crippen molar-refractivity contribution in [3.63, 3.8) is 0 Å². The van der Waals surface area contributed by atoms with Crippen LogP contribution >= 0.6 is 0 Å². The molecule has 8 nitrogen and oxygen atoms in total. The summed E-state index contributed by atoms with van der Waals surface area (Å²) in [5.41, 5.74) is 0.912. The molecule has 4 rings (SSSR count). The summed E-state index contributed by atoms with van der Waals surface area (Å²) in [5.74, 6) is 1.51. The Kier molecular flexibility index (Phi) is 3.18. The summed E-state index contributed by atoms with van der Waals surface area (Å²) in [5, 5.41) is 8.31. The molecule has 0 atom stereocenters. The molecular formula is C14H18N6O2. The van der Waals surface area contributed by atoms with Crippen molar-refractivity contribution in [1.82, 2.24) is 24.8 Å². The summed E-state index contributed by atoms with van der Waals surface area (Å²) >= 11 is 0. The van der Waals surface area contributed by atoms with E-state index in [-0.39, 0.29) is 5.91 Å². The van der Waals surface area contributed by atoms with Crippen molar-refractivity contribution in [3.05, 3.63) is 24.1 Å².